The van der Waals surface area contributed by atoms with Crippen LogP contribution in [0.25, 0.3) is 10.9 Å². The fraction of sp³-hybridized carbons (Fsp3) is 0.0476. The summed E-state index contributed by atoms with van der Waals surface area (Å²) in [5, 5.41) is 0.807. The number of fused-ring (bicyclic) bond motifs is 1. The first-order valence-corrected chi connectivity index (χ1v) is 8.08. The van der Waals surface area contributed by atoms with E-state index >= 15 is 0 Å². The topological polar surface area (TPSA) is 47.5 Å². The third-order valence-electron chi connectivity index (χ3n) is 4.00. The molecule has 0 saturated heterocycles. The average Bonchev–Trinajstić information content (AvgIpc) is 2.66. The molecular weight excluding hydrogens is 312 g/mol. The van der Waals surface area contributed by atoms with Gasteiger partial charge in [0.2, 0.25) is 5.55 Å². The van der Waals surface area contributed by atoms with Gasteiger partial charge in [0.25, 0.3) is 0 Å². The standard InChI is InChI=1S/C21H16N2O2/c24-21-23(15-16-9-3-1-4-10-16)19-14-8-7-13-18(19)20(25-21)22-17-11-5-2-6-12-17/h1-14H,15H2. The van der Waals surface area contributed by atoms with Gasteiger partial charge in [-0.05, 0) is 29.8 Å². The van der Waals surface area contributed by atoms with Gasteiger partial charge in [0, 0.05) is 0 Å². The second kappa shape index (κ2) is 6.61. The van der Waals surface area contributed by atoms with E-state index in [1.165, 1.54) is 0 Å². The summed E-state index contributed by atoms with van der Waals surface area (Å²) in [6, 6.07) is 27.0. The number of para-hydroxylation sites is 2. The number of hydrogen-bond acceptors (Lipinski definition) is 3. The zero-order valence-corrected chi connectivity index (χ0v) is 13.5. The third-order valence-corrected chi connectivity index (χ3v) is 4.00. The summed E-state index contributed by atoms with van der Waals surface area (Å²) in [6.45, 7) is 0.454. The molecular formula is C21H16N2O2. The lowest BCUT2D eigenvalue weighted by atomic mass is 10.2. The number of hydrogen-bond donors (Lipinski definition) is 0. The molecule has 0 bridgehead atoms. The largest absolute Gasteiger partial charge is 0.421 e. The molecule has 25 heavy (non-hydrogen) atoms. The van der Waals surface area contributed by atoms with Gasteiger partial charge in [-0.3, -0.25) is 4.57 Å². The molecule has 1 aromatic heterocycles. The fourth-order valence-corrected chi connectivity index (χ4v) is 2.80. The van der Waals surface area contributed by atoms with Gasteiger partial charge < -0.3 is 4.42 Å². The highest BCUT2D eigenvalue weighted by atomic mass is 16.4. The molecule has 0 aliphatic carbocycles. The van der Waals surface area contributed by atoms with Crippen molar-refractivity contribution in [3.8, 4) is 0 Å². The van der Waals surface area contributed by atoms with Gasteiger partial charge >= 0.3 is 5.76 Å². The molecule has 3 aromatic carbocycles. The van der Waals surface area contributed by atoms with Crippen molar-refractivity contribution < 1.29 is 4.42 Å². The van der Waals surface area contributed by atoms with E-state index in [4.69, 9.17) is 4.42 Å². The second-order valence-corrected chi connectivity index (χ2v) is 5.71. The summed E-state index contributed by atoms with van der Waals surface area (Å²) in [6.07, 6.45) is 0. The van der Waals surface area contributed by atoms with E-state index in [0.29, 0.717) is 12.1 Å². The smallest absolute Gasteiger partial charge is 0.390 e. The highest BCUT2D eigenvalue weighted by Gasteiger charge is 2.08. The molecule has 0 N–H and O–H groups in total. The monoisotopic (exact) mass is 328 g/mol. The summed E-state index contributed by atoms with van der Waals surface area (Å²) in [7, 11) is 0. The van der Waals surface area contributed by atoms with Crippen molar-refractivity contribution in [2.45, 2.75) is 6.54 Å². The average molecular weight is 328 g/mol. The van der Waals surface area contributed by atoms with Crippen molar-refractivity contribution in [2.75, 3.05) is 0 Å². The van der Waals surface area contributed by atoms with E-state index in [1.807, 2.05) is 84.9 Å². The van der Waals surface area contributed by atoms with Gasteiger partial charge in [-0.2, -0.15) is 0 Å². The van der Waals surface area contributed by atoms with E-state index < -0.39 is 5.76 Å². The molecule has 1 heterocycles. The summed E-state index contributed by atoms with van der Waals surface area (Å²) in [4.78, 5) is 17.1. The van der Waals surface area contributed by atoms with Crippen LogP contribution in [0.3, 0.4) is 0 Å². The van der Waals surface area contributed by atoms with Crippen molar-refractivity contribution in [1.82, 2.24) is 4.57 Å². The van der Waals surface area contributed by atoms with Crippen molar-refractivity contribution in [1.29, 1.82) is 0 Å². The molecule has 0 spiro atoms. The number of aromatic nitrogens is 1. The van der Waals surface area contributed by atoms with Crippen LogP contribution < -0.4 is 11.3 Å². The Bertz CT molecular complexity index is 1130. The minimum absolute atomic E-state index is 0.330. The molecule has 4 rings (SSSR count). The first-order chi connectivity index (χ1) is 12.3. The van der Waals surface area contributed by atoms with Crippen LogP contribution in [-0.4, -0.2) is 4.57 Å². The van der Waals surface area contributed by atoms with Crippen LogP contribution in [0.15, 0.2) is 99.1 Å². The van der Waals surface area contributed by atoms with Crippen LogP contribution in [0.4, 0.5) is 5.69 Å². The third kappa shape index (κ3) is 3.15. The summed E-state index contributed by atoms with van der Waals surface area (Å²) in [5.74, 6) is -0.419. The van der Waals surface area contributed by atoms with Gasteiger partial charge in [0.05, 0.1) is 23.1 Å². The maximum absolute atomic E-state index is 12.6. The van der Waals surface area contributed by atoms with E-state index in [0.717, 1.165) is 22.2 Å². The molecule has 4 heteroatoms. The Hall–Kier alpha value is -3.40. The van der Waals surface area contributed by atoms with Gasteiger partial charge in [0.15, 0.2) is 0 Å². The highest BCUT2D eigenvalue weighted by Crippen LogP contribution is 2.13. The Kier molecular flexibility index (Phi) is 4.01. The minimum Gasteiger partial charge on any atom is -0.390 e. The van der Waals surface area contributed by atoms with Gasteiger partial charge in [-0.25, -0.2) is 9.79 Å². The Balaban J connectivity index is 1.93. The SMILES string of the molecule is O=c1oc(=Nc2ccccc2)c2ccccc2n1Cc1ccccc1. The Morgan fingerprint density at radius 2 is 1.44 bits per heavy atom. The van der Waals surface area contributed by atoms with Crippen LogP contribution in [0, 0.1) is 0 Å². The van der Waals surface area contributed by atoms with Crippen LogP contribution in [0.1, 0.15) is 5.56 Å². The molecule has 0 aliphatic rings. The first-order valence-electron chi connectivity index (χ1n) is 8.08. The van der Waals surface area contributed by atoms with Crippen molar-refractivity contribution in [3.63, 3.8) is 0 Å². The lowest BCUT2D eigenvalue weighted by Gasteiger charge is -2.09. The number of rotatable bonds is 3. The zero-order chi connectivity index (χ0) is 17.1. The number of benzene rings is 3. The van der Waals surface area contributed by atoms with Gasteiger partial charge in [-0.1, -0.05) is 60.7 Å². The Labute approximate surface area is 144 Å². The summed E-state index contributed by atoms with van der Waals surface area (Å²) in [5.41, 5.74) is 2.92. The number of nitrogens with zero attached hydrogens (tertiary/aromatic N) is 2. The second-order valence-electron chi connectivity index (χ2n) is 5.71. The predicted octanol–water partition coefficient (Wildman–Crippen LogP) is 3.88. The van der Waals surface area contributed by atoms with Crippen molar-refractivity contribution >= 4 is 16.6 Å². The van der Waals surface area contributed by atoms with Crippen LogP contribution in [0.2, 0.25) is 0 Å². The molecule has 0 saturated carbocycles. The molecule has 0 aliphatic heterocycles. The summed E-state index contributed by atoms with van der Waals surface area (Å²) < 4.78 is 7.17. The highest BCUT2D eigenvalue weighted by molar-refractivity contribution is 5.77. The molecule has 0 fully saturated rings. The van der Waals surface area contributed by atoms with Crippen LogP contribution in [-0.2, 0) is 6.54 Å². The van der Waals surface area contributed by atoms with Gasteiger partial charge in [0.1, 0.15) is 0 Å². The fourth-order valence-electron chi connectivity index (χ4n) is 2.80. The van der Waals surface area contributed by atoms with Crippen LogP contribution in [0.5, 0.6) is 0 Å². The quantitative estimate of drug-likeness (QED) is 0.573. The predicted molar refractivity (Wildman–Crippen MR) is 97.7 cm³/mol. The minimum atomic E-state index is -0.419. The van der Waals surface area contributed by atoms with Crippen molar-refractivity contribution in [3.05, 3.63) is 107 Å². The Morgan fingerprint density at radius 1 is 0.800 bits per heavy atom. The van der Waals surface area contributed by atoms with Crippen LogP contribution >= 0.6 is 0 Å². The molecule has 4 aromatic rings. The Morgan fingerprint density at radius 3 is 2.20 bits per heavy atom. The molecule has 0 radical (unpaired) electrons. The molecule has 4 nitrogen and oxygen atoms in total. The van der Waals surface area contributed by atoms with E-state index in [1.54, 1.807) is 4.57 Å². The molecule has 122 valence electrons. The van der Waals surface area contributed by atoms with Gasteiger partial charge in [-0.15, -0.1) is 0 Å². The molecule has 0 unspecified atom stereocenters. The van der Waals surface area contributed by atoms with Crippen molar-refractivity contribution in [2.24, 2.45) is 4.99 Å². The normalized spacial score (nSPS) is 11.8. The summed E-state index contributed by atoms with van der Waals surface area (Å²) >= 11 is 0. The molecule has 0 amide bonds. The van der Waals surface area contributed by atoms with E-state index in [-0.39, 0.29) is 0 Å². The lowest BCUT2D eigenvalue weighted by Crippen LogP contribution is -2.26. The maximum Gasteiger partial charge on any atom is 0.421 e. The zero-order valence-electron chi connectivity index (χ0n) is 13.5. The van der Waals surface area contributed by atoms with E-state index in [2.05, 4.69) is 4.99 Å². The molecule has 0 atom stereocenters. The van der Waals surface area contributed by atoms with E-state index in [9.17, 15) is 4.79 Å². The lowest BCUT2D eigenvalue weighted by molar-refractivity contribution is 0.415. The first kappa shape index (κ1) is 15.1. The maximum atomic E-state index is 12.6.